The van der Waals surface area contributed by atoms with Crippen molar-refractivity contribution in [3.8, 4) is 0 Å². The first-order valence-electron chi connectivity index (χ1n) is 8.19. The van der Waals surface area contributed by atoms with Gasteiger partial charge in [-0.2, -0.15) is 0 Å². The van der Waals surface area contributed by atoms with Gasteiger partial charge >= 0.3 is 0 Å². The van der Waals surface area contributed by atoms with Crippen LogP contribution in [0.2, 0.25) is 0 Å². The Morgan fingerprint density at radius 2 is 1.68 bits per heavy atom. The van der Waals surface area contributed by atoms with Crippen molar-refractivity contribution in [3.63, 3.8) is 0 Å². The molecule has 0 saturated heterocycles. The van der Waals surface area contributed by atoms with Crippen LogP contribution in [0.25, 0.3) is 0 Å². The van der Waals surface area contributed by atoms with Gasteiger partial charge in [0.25, 0.3) is 0 Å². The van der Waals surface area contributed by atoms with Gasteiger partial charge in [0.1, 0.15) is 0 Å². The molecule has 0 radical (unpaired) electrons. The first kappa shape index (κ1) is 17.0. The van der Waals surface area contributed by atoms with Crippen LogP contribution in [-0.2, 0) is 4.74 Å². The molecule has 1 saturated carbocycles. The van der Waals surface area contributed by atoms with E-state index in [1.807, 2.05) is 0 Å². The number of ether oxygens (including phenoxy) is 1. The molecule has 0 amide bonds. The van der Waals surface area contributed by atoms with Crippen molar-refractivity contribution in [2.75, 3.05) is 13.2 Å². The molecule has 0 aromatic heterocycles. The summed E-state index contributed by atoms with van der Waals surface area (Å²) in [5.41, 5.74) is -0.0297. The van der Waals surface area contributed by atoms with Crippen molar-refractivity contribution in [1.29, 1.82) is 0 Å². The second-order valence-corrected chi connectivity index (χ2v) is 7.66. The summed E-state index contributed by atoms with van der Waals surface area (Å²) in [6, 6.07) is 0.532. The second kappa shape index (κ2) is 7.64. The maximum atomic E-state index is 6.05. The van der Waals surface area contributed by atoms with E-state index >= 15 is 0 Å². The fourth-order valence-electron chi connectivity index (χ4n) is 3.37. The maximum Gasteiger partial charge on any atom is 0.0629 e. The van der Waals surface area contributed by atoms with Crippen molar-refractivity contribution in [2.24, 2.45) is 17.8 Å². The standard InChI is InChI=1S/C17H35NO/c1-7-8-18-16(12-19-17(4,5)6)15-10-13(2)9-14(3)11-15/h13-16,18H,7-12H2,1-6H3. The number of hydrogen-bond acceptors (Lipinski definition) is 2. The quantitative estimate of drug-likeness (QED) is 0.778. The molecule has 1 rings (SSSR count). The molecule has 1 N–H and O–H groups in total. The van der Waals surface area contributed by atoms with Crippen molar-refractivity contribution >= 4 is 0 Å². The predicted octanol–water partition coefficient (Wildman–Crippen LogP) is 4.24. The normalized spacial score (nSPS) is 30.3. The van der Waals surface area contributed by atoms with Crippen LogP contribution in [0.4, 0.5) is 0 Å². The topological polar surface area (TPSA) is 21.3 Å². The van der Waals surface area contributed by atoms with E-state index in [0.717, 1.165) is 30.9 Å². The summed E-state index contributed by atoms with van der Waals surface area (Å²) in [4.78, 5) is 0. The van der Waals surface area contributed by atoms with Crippen LogP contribution < -0.4 is 5.32 Å². The van der Waals surface area contributed by atoms with E-state index in [2.05, 4.69) is 46.9 Å². The van der Waals surface area contributed by atoms with Crippen molar-refractivity contribution in [3.05, 3.63) is 0 Å². The highest BCUT2D eigenvalue weighted by atomic mass is 16.5. The van der Waals surface area contributed by atoms with Gasteiger partial charge in [-0.15, -0.1) is 0 Å². The minimum absolute atomic E-state index is 0.0297. The molecule has 0 heterocycles. The summed E-state index contributed by atoms with van der Waals surface area (Å²) in [6.07, 6.45) is 5.32. The average Bonchev–Trinajstić information content (AvgIpc) is 2.26. The van der Waals surface area contributed by atoms with Gasteiger partial charge in [-0.05, 0) is 70.8 Å². The smallest absolute Gasteiger partial charge is 0.0629 e. The molecule has 3 unspecified atom stereocenters. The van der Waals surface area contributed by atoms with Crippen molar-refractivity contribution in [1.82, 2.24) is 5.32 Å². The highest BCUT2D eigenvalue weighted by Gasteiger charge is 2.30. The Hall–Kier alpha value is -0.0800. The fraction of sp³-hybridized carbons (Fsp3) is 1.00. The predicted molar refractivity (Wildman–Crippen MR) is 83.5 cm³/mol. The lowest BCUT2D eigenvalue weighted by molar-refractivity contribution is -0.0279. The third-order valence-corrected chi connectivity index (χ3v) is 4.14. The van der Waals surface area contributed by atoms with E-state index < -0.39 is 0 Å². The Morgan fingerprint density at radius 1 is 1.11 bits per heavy atom. The molecule has 1 fully saturated rings. The minimum Gasteiger partial charge on any atom is -0.374 e. The van der Waals surface area contributed by atoms with Crippen molar-refractivity contribution in [2.45, 2.75) is 78.9 Å². The molecule has 2 nitrogen and oxygen atoms in total. The van der Waals surface area contributed by atoms with Crippen LogP contribution >= 0.6 is 0 Å². The molecule has 0 aromatic rings. The Bertz CT molecular complexity index is 236. The van der Waals surface area contributed by atoms with Crippen LogP contribution in [0.3, 0.4) is 0 Å². The molecule has 114 valence electrons. The number of hydrogen-bond donors (Lipinski definition) is 1. The van der Waals surface area contributed by atoms with Gasteiger partial charge in [0.15, 0.2) is 0 Å². The van der Waals surface area contributed by atoms with E-state index in [1.165, 1.54) is 25.7 Å². The van der Waals surface area contributed by atoms with Gasteiger partial charge in [0, 0.05) is 6.04 Å². The van der Waals surface area contributed by atoms with Crippen LogP contribution in [-0.4, -0.2) is 24.8 Å². The van der Waals surface area contributed by atoms with E-state index in [4.69, 9.17) is 4.74 Å². The second-order valence-electron chi connectivity index (χ2n) is 7.66. The molecule has 0 aliphatic heterocycles. The van der Waals surface area contributed by atoms with Crippen molar-refractivity contribution < 1.29 is 4.74 Å². The van der Waals surface area contributed by atoms with Gasteiger partial charge in [-0.3, -0.25) is 0 Å². The van der Waals surface area contributed by atoms with Gasteiger partial charge in [-0.1, -0.05) is 20.8 Å². The summed E-state index contributed by atoms with van der Waals surface area (Å²) < 4.78 is 6.05. The molecular weight excluding hydrogens is 234 g/mol. The van der Waals surface area contributed by atoms with Gasteiger partial charge < -0.3 is 10.1 Å². The largest absolute Gasteiger partial charge is 0.374 e. The Labute approximate surface area is 120 Å². The van der Waals surface area contributed by atoms with Crippen LogP contribution in [0.15, 0.2) is 0 Å². The monoisotopic (exact) mass is 269 g/mol. The molecule has 2 heteroatoms. The number of rotatable bonds is 6. The van der Waals surface area contributed by atoms with E-state index in [9.17, 15) is 0 Å². The van der Waals surface area contributed by atoms with Gasteiger partial charge in [-0.25, -0.2) is 0 Å². The Balaban J connectivity index is 2.56. The third-order valence-electron chi connectivity index (χ3n) is 4.14. The molecule has 19 heavy (non-hydrogen) atoms. The SMILES string of the molecule is CCCNC(COC(C)(C)C)C1CC(C)CC(C)C1. The molecule has 0 spiro atoms. The lowest BCUT2D eigenvalue weighted by Crippen LogP contribution is -2.44. The minimum atomic E-state index is -0.0297. The fourth-order valence-corrected chi connectivity index (χ4v) is 3.37. The van der Waals surface area contributed by atoms with Crippen LogP contribution in [0.5, 0.6) is 0 Å². The molecular formula is C17H35NO. The van der Waals surface area contributed by atoms with Crippen LogP contribution in [0, 0.1) is 17.8 Å². The zero-order valence-electron chi connectivity index (χ0n) is 14.0. The first-order chi connectivity index (χ1) is 8.81. The lowest BCUT2D eigenvalue weighted by atomic mass is 9.74. The highest BCUT2D eigenvalue weighted by Crippen LogP contribution is 2.35. The van der Waals surface area contributed by atoms with Gasteiger partial charge in [0.2, 0.25) is 0 Å². The molecule has 0 aromatic carbocycles. The van der Waals surface area contributed by atoms with Crippen LogP contribution in [0.1, 0.15) is 67.2 Å². The molecule has 1 aliphatic rings. The summed E-state index contributed by atoms with van der Waals surface area (Å²) in [7, 11) is 0. The lowest BCUT2D eigenvalue weighted by Gasteiger charge is -2.38. The summed E-state index contributed by atoms with van der Waals surface area (Å²) >= 11 is 0. The third kappa shape index (κ3) is 6.76. The zero-order valence-corrected chi connectivity index (χ0v) is 14.0. The highest BCUT2D eigenvalue weighted by molar-refractivity contribution is 4.84. The van der Waals surface area contributed by atoms with Gasteiger partial charge in [0.05, 0.1) is 12.2 Å². The summed E-state index contributed by atoms with van der Waals surface area (Å²) in [5, 5.41) is 3.73. The molecule has 1 aliphatic carbocycles. The molecule has 0 bridgehead atoms. The summed E-state index contributed by atoms with van der Waals surface area (Å²) in [6.45, 7) is 15.5. The van der Waals surface area contributed by atoms with E-state index in [1.54, 1.807) is 0 Å². The van der Waals surface area contributed by atoms with E-state index in [-0.39, 0.29) is 5.60 Å². The molecule has 3 atom stereocenters. The average molecular weight is 269 g/mol. The Morgan fingerprint density at radius 3 is 2.16 bits per heavy atom. The Kier molecular flexibility index (Phi) is 6.82. The van der Waals surface area contributed by atoms with E-state index in [0.29, 0.717) is 6.04 Å². The first-order valence-corrected chi connectivity index (χ1v) is 8.19. The zero-order chi connectivity index (χ0) is 14.5. The maximum absolute atomic E-state index is 6.05. The number of nitrogens with one attached hydrogen (secondary N) is 1. The summed E-state index contributed by atoms with van der Waals surface area (Å²) in [5.74, 6) is 2.52.